The van der Waals surface area contributed by atoms with E-state index in [0.717, 1.165) is 32.1 Å². The molecule has 0 unspecified atom stereocenters. The molecule has 1 aliphatic rings. The van der Waals surface area contributed by atoms with Gasteiger partial charge in [-0.1, -0.05) is 19.8 Å². The molecule has 1 saturated carbocycles. The molecule has 0 aromatic carbocycles. The molecule has 7 heteroatoms. The first-order chi connectivity index (χ1) is 9.61. The van der Waals surface area contributed by atoms with Gasteiger partial charge in [-0.2, -0.15) is 5.10 Å². The predicted molar refractivity (Wildman–Crippen MR) is 73.2 cm³/mol. The van der Waals surface area contributed by atoms with E-state index in [0.29, 0.717) is 12.4 Å². The van der Waals surface area contributed by atoms with Crippen LogP contribution in [-0.4, -0.2) is 49.8 Å². The molecule has 7 nitrogen and oxygen atoms in total. The number of carbonyl (C=O) groups excluding carboxylic acids is 1. The zero-order valence-corrected chi connectivity index (χ0v) is 11.8. The Kier molecular flexibility index (Phi) is 4.94. The maximum absolute atomic E-state index is 12.4. The van der Waals surface area contributed by atoms with Gasteiger partial charge in [0, 0.05) is 6.54 Å². The Balaban J connectivity index is 2.06. The molecule has 1 amide bonds. The van der Waals surface area contributed by atoms with Crippen LogP contribution in [0, 0.1) is 0 Å². The highest BCUT2D eigenvalue weighted by molar-refractivity contribution is 5.78. The van der Waals surface area contributed by atoms with Crippen LogP contribution in [0.5, 0.6) is 0 Å². The number of aliphatic hydroxyl groups excluding tert-OH is 1. The molecule has 2 atom stereocenters. The van der Waals surface area contributed by atoms with Crippen molar-refractivity contribution in [1.29, 1.82) is 0 Å². The van der Waals surface area contributed by atoms with Crippen molar-refractivity contribution in [1.82, 2.24) is 20.1 Å². The van der Waals surface area contributed by atoms with Gasteiger partial charge in [-0.05, 0) is 19.3 Å². The summed E-state index contributed by atoms with van der Waals surface area (Å²) < 4.78 is 0. The zero-order chi connectivity index (χ0) is 14.5. The van der Waals surface area contributed by atoms with E-state index >= 15 is 0 Å². The lowest BCUT2D eigenvalue weighted by atomic mass is 9.91. The number of hydrogen-bond acceptors (Lipinski definition) is 4. The third kappa shape index (κ3) is 3.47. The molecule has 1 aliphatic carbocycles. The van der Waals surface area contributed by atoms with Gasteiger partial charge in [-0.3, -0.25) is 9.78 Å². The van der Waals surface area contributed by atoms with E-state index in [-0.39, 0.29) is 18.4 Å². The summed E-state index contributed by atoms with van der Waals surface area (Å²) in [5, 5.41) is 16.1. The first-order valence-electron chi connectivity index (χ1n) is 7.23. The van der Waals surface area contributed by atoms with Gasteiger partial charge in [0.05, 0.1) is 18.6 Å². The predicted octanol–water partition coefficient (Wildman–Crippen LogP) is 0.183. The Morgan fingerprint density at radius 3 is 2.80 bits per heavy atom. The third-order valence-corrected chi connectivity index (χ3v) is 3.75. The number of aromatic nitrogens is 3. The smallest absolute Gasteiger partial charge is 0.340 e. The van der Waals surface area contributed by atoms with Gasteiger partial charge in [-0.25, -0.2) is 9.89 Å². The molecule has 1 aromatic rings. The largest absolute Gasteiger partial charge is 0.391 e. The summed E-state index contributed by atoms with van der Waals surface area (Å²) in [7, 11) is 0. The monoisotopic (exact) mass is 282 g/mol. The summed E-state index contributed by atoms with van der Waals surface area (Å²) in [4.78, 5) is 27.6. The molecule has 20 heavy (non-hydrogen) atoms. The molecule has 0 aliphatic heterocycles. The fourth-order valence-electron chi connectivity index (χ4n) is 2.81. The second-order valence-corrected chi connectivity index (χ2v) is 5.31. The summed E-state index contributed by atoms with van der Waals surface area (Å²) >= 11 is 0. The quantitative estimate of drug-likeness (QED) is 0.717. The van der Waals surface area contributed by atoms with Gasteiger partial charge in [0.2, 0.25) is 5.91 Å². The van der Waals surface area contributed by atoms with Crippen molar-refractivity contribution in [2.75, 3.05) is 6.54 Å². The Hall–Kier alpha value is -1.63. The van der Waals surface area contributed by atoms with E-state index < -0.39 is 11.8 Å². The van der Waals surface area contributed by atoms with Crippen LogP contribution in [0.25, 0.3) is 0 Å². The summed E-state index contributed by atoms with van der Waals surface area (Å²) in [5.74, 6) is 0.243. The van der Waals surface area contributed by atoms with Crippen molar-refractivity contribution in [3.63, 3.8) is 0 Å². The number of nitrogens with one attached hydrogen (secondary N) is 2. The minimum absolute atomic E-state index is 0.0575. The molecule has 1 heterocycles. The normalized spacial score (nSPS) is 22.7. The number of aliphatic hydroxyl groups is 1. The summed E-state index contributed by atoms with van der Waals surface area (Å²) in [5.41, 5.74) is -0.410. The van der Waals surface area contributed by atoms with Crippen LogP contribution in [0.1, 0.15) is 44.9 Å². The van der Waals surface area contributed by atoms with Crippen LogP contribution in [0.2, 0.25) is 0 Å². The number of carbonyl (C=O) groups is 1. The zero-order valence-electron chi connectivity index (χ0n) is 11.8. The molecular formula is C13H22N4O3. The standard InChI is InChI=1S/C13H22N4O3/c1-2-7-17(9-5-3-4-6-10(9)18)12(19)8-11-14-13(20)16-15-11/h9-10,18H,2-8H2,1H3,(H2,14,15,16,20)/t9-,10-/m0/s1. The van der Waals surface area contributed by atoms with Gasteiger partial charge in [0.15, 0.2) is 0 Å². The molecule has 0 saturated heterocycles. The first-order valence-corrected chi connectivity index (χ1v) is 7.23. The van der Waals surface area contributed by atoms with Gasteiger partial charge in [-0.15, -0.1) is 0 Å². The van der Waals surface area contributed by atoms with Crippen molar-refractivity contribution >= 4 is 5.91 Å². The van der Waals surface area contributed by atoms with Crippen LogP contribution >= 0.6 is 0 Å². The average molecular weight is 282 g/mol. The number of nitrogens with zero attached hydrogens (tertiary/aromatic N) is 2. The maximum Gasteiger partial charge on any atom is 0.340 e. The number of H-pyrrole nitrogens is 2. The van der Waals surface area contributed by atoms with Gasteiger partial charge in [0.1, 0.15) is 5.82 Å². The maximum atomic E-state index is 12.4. The van der Waals surface area contributed by atoms with Crippen molar-refractivity contribution in [2.45, 2.75) is 57.6 Å². The van der Waals surface area contributed by atoms with Crippen LogP contribution < -0.4 is 5.69 Å². The number of rotatable bonds is 5. The van der Waals surface area contributed by atoms with Crippen LogP contribution in [0.15, 0.2) is 4.79 Å². The summed E-state index contributed by atoms with van der Waals surface area (Å²) in [6.45, 7) is 2.63. The second kappa shape index (κ2) is 6.69. The van der Waals surface area contributed by atoms with Gasteiger partial charge >= 0.3 is 5.69 Å². The molecular weight excluding hydrogens is 260 g/mol. The summed E-state index contributed by atoms with van der Waals surface area (Å²) in [6, 6.07) is -0.109. The van der Waals surface area contributed by atoms with Gasteiger partial charge in [0.25, 0.3) is 0 Å². The molecule has 1 aromatic heterocycles. The van der Waals surface area contributed by atoms with E-state index in [1.807, 2.05) is 6.92 Å². The average Bonchev–Trinajstić information content (AvgIpc) is 2.82. The van der Waals surface area contributed by atoms with Gasteiger partial charge < -0.3 is 10.0 Å². The van der Waals surface area contributed by atoms with Crippen LogP contribution in [0.4, 0.5) is 0 Å². The second-order valence-electron chi connectivity index (χ2n) is 5.31. The van der Waals surface area contributed by atoms with Crippen LogP contribution in [-0.2, 0) is 11.2 Å². The first kappa shape index (κ1) is 14.8. The molecule has 112 valence electrons. The molecule has 2 rings (SSSR count). The third-order valence-electron chi connectivity index (χ3n) is 3.75. The Bertz CT molecular complexity index is 496. The topological polar surface area (TPSA) is 102 Å². The Labute approximate surface area is 117 Å². The molecule has 0 bridgehead atoms. The summed E-state index contributed by atoms with van der Waals surface area (Å²) in [6.07, 6.45) is 4.08. The number of aromatic amines is 2. The molecule has 0 radical (unpaired) electrons. The van der Waals surface area contributed by atoms with E-state index in [1.54, 1.807) is 4.90 Å². The lowest BCUT2D eigenvalue weighted by Crippen LogP contribution is -2.49. The highest BCUT2D eigenvalue weighted by Crippen LogP contribution is 2.24. The highest BCUT2D eigenvalue weighted by Gasteiger charge is 2.31. The lowest BCUT2D eigenvalue weighted by molar-refractivity contribution is -0.136. The van der Waals surface area contributed by atoms with Crippen LogP contribution in [0.3, 0.4) is 0 Å². The van der Waals surface area contributed by atoms with Crippen molar-refractivity contribution in [3.8, 4) is 0 Å². The minimum Gasteiger partial charge on any atom is -0.391 e. The van der Waals surface area contributed by atoms with E-state index in [4.69, 9.17) is 0 Å². The fraction of sp³-hybridized carbons (Fsp3) is 0.769. The van der Waals surface area contributed by atoms with E-state index in [1.165, 1.54) is 0 Å². The van der Waals surface area contributed by atoms with E-state index in [9.17, 15) is 14.7 Å². The van der Waals surface area contributed by atoms with Crippen molar-refractivity contribution in [3.05, 3.63) is 16.3 Å². The van der Waals surface area contributed by atoms with E-state index in [2.05, 4.69) is 15.2 Å². The van der Waals surface area contributed by atoms with Crippen molar-refractivity contribution < 1.29 is 9.90 Å². The SMILES string of the molecule is CCCN(C(=O)Cc1n[nH]c(=O)[nH]1)[C@H]1CCCC[C@@H]1O. The number of hydrogen-bond donors (Lipinski definition) is 3. The number of amides is 1. The van der Waals surface area contributed by atoms with Crippen molar-refractivity contribution in [2.24, 2.45) is 0 Å². The fourth-order valence-corrected chi connectivity index (χ4v) is 2.81. The minimum atomic E-state index is -0.447. The molecule has 0 spiro atoms. The Morgan fingerprint density at radius 1 is 1.45 bits per heavy atom. The highest BCUT2D eigenvalue weighted by atomic mass is 16.3. The lowest BCUT2D eigenvalue weighted by Gasteiger charge is -2.37. The molecule has 1 fully saturated rings. The Morgan fingerprint density at radius 2 is 2.20 bits per heavy atom. The molecule has 3 N–H and O–H groups in total.